The molecule has 136 valence electrons. The molecule has 1 fully saturated rings. The maximum absolute atomic E-state index is 12.3. The SMILES string of the molecule is N[C@@H](CO)c1nnc([C@H](CC(=O)O)NC(=O)C2CCNCC2)o1.[Cl-]. The van der Waals surface area contributed by atoms with Crippen molar-refractivity contribution in [2.45, 2.75) is 31.3 Å². The molecule has 0 unspecified atom stereocenters. The van der Waals surface area contributed by atoms with Crippen molar-refractivity contribution in [3.8, 4) is 0 Å². The van der Waals surface area contributed by atoms with E-state index in [1.54, 1.807) is 0 Å². The Morgan fingerprint density at radius 1 is 1.33 bits per heavy atom. The lowest BCUT2D eigenvalue weighted by atomic mass is 9.96. The number of carbonyl (C=O) groups excluding carboxylic acids is 1. The molecule has 2 atom stereocenters. The first-order valence-electron chi connectivity index (χ1n) is 7.44. The van der Waals surface area contributed by atoms with Crippen LogP contribution in [0.5, 0.6) is 0 Å². The summed E-state index contributed by atoms with van der Waals surface area (Å²) in [7, 11) is 0. The molecule has 10 nitrogen and oxygen atoms in total. The number of aliphatic carboxylic acids is 1. The summed E-state index contributed by atoms with van der Waals surface area (Å²) in [6.45, 7) is 1.11. The number of rotatable bonds is 7. The third-order valence-corrected chi connectivity index (χ3v) is 3.67. The van der Waals surface area contributed by atoms with Gasteiger partial charge in [0.2, 0.25) is 17.7 Å². The molecule has 2 rings (SSSR count). The average Bonchev–Trinajstić information content (AvgIpc) is 3.03. The quantitative estimate of drug-likeness (QED) is 0.322. The van der Waals surface area contributed by atoms with E-state index in [0.717, 1.165) is 13.1 Å². The van der Waals surface area contributed by atoms with E-state index in [1.807, 2.05) is 0 Å². The molecule has 0 radical (unpaired) electrons. The predicted octanol–water partition coefficient (Wildman–Crippen LogP) is -4.30. The monoisotopic (exact) mass is 362 g/mol. The molecule has 0 bridgehead atoms. The van der Waals surface area contributed by atoms with Gasteiger partial charge in [-0.2, -0.15) is 0 Å². The lowest BCUT2D eigenvalue weighted by molar-refractivity contribution is -0.138. The summed E-state index contributed by atoms with van der Waals surface area (Å²) >= 11 is 0. The maximum Gasteiger partial charge on any atom is 0.305 e. The minimum atomic E-state index is -1.10. The number of aliphatic hydroxyl groups excluding tert-OH is 1. The highest BCUT2D eigenvalue weighted by Gasteiger charge is 2.28. The van der Waals surface area contributed by atoms with Crippen LogP contribution in [0.4, 0.5) is 0 Å². The zero-order chi connectivity index (χ0) is 16.8. The van der Waals surface area contributed by atoms with Gasteiger partial charge >= 0.3 is 5.97 Å². The first-order chi connectivity index (χ1) is 11.0. The summed E-state index contributed by atoms with van der Waals surface area (Å²) in [6.07, 6.45) is 0.999. The van der Waals surface area contributed by atoms with Crippen molar-refractivity contribution in [1.29, 1.82) is 0 Å². The molecule has 1 amide bonds. The Kier molecular flexibility index (Phi) is 8.05. The highest BCUT2D eigenvalue weighted by Crippen LogP contribution is 2.20. The molecule has 1 aliphatic rings. The number of nitrogens with one attached hydrogen (secondary N) is 2. The Labute approximate surface area is 144 Å². The van der Waals surface area contributed by atoms with Crippen LogP contribution in [0.25, 0.3) is 0 Å². The van der Waals surface area contributed by atoms with Crippen LogP contribution in [0, 0.1) is 5.92 Å². The Morgan fingerprint density at radius 3 is 2.54 bits per heavy atom. The number of halogens is 1. The van der Waals surface area contributed by atoms with E-state index in [0.29, 0.717) is 12.8 Å². The van der Waals surface area contributed by atoms with E-state index >= 15 is 0 Å². The zero-order valence-corrected chi connectivity index (χ0v) is 13.7. The summed E-state index contributed by atoms with van der Waals surface area (Å²) in [5, 5.41) is 31.2. The first kappa shape index (κ1) is 20.3. The van der Waals surface area contributed by atoms with Crippen molar-refractivity contribution in [3.63, 3.8) is 0 Å². The van der Waals surface area contributed by atoms with Gasteiger partial charge in [-0.3, -0.25) is 9.59 Å². The second-order valence-corrected chi connectivity index (χ2v) is 5.45. The lowest BCUT2D eigenvalue weighted by Gasteiger charge is -2.23. The van der Waals surface area contributed by atoms with Crippen LogP contribution in [-0.4, -0.2) is 52.0 Å². The zero-order valence-electron chi connectivity index (χ0n) is 12.9. The molecule has 1 aromatic heterocycles. The van der Waals surface area contributed by atoms with Gasteiger partial charge in [0.05, 0.1) is 13.0 Å². The van der Waals surface area contributed by atoms with Crippen molar-refractivity contribution in [1.82, 2.24) is 20.8 Å². The molecule has 1 saturated heterocycles. The molecule has 11 heteroatoms. The van der Waals surface area contributed by atoms with Gasteiger partial charge in [-0.25, -0.2) is 0 Å². The summed E-state index contributed by atoms with van der Waals surface area (Å²) in [6, 6.07) is -1.77. The summed E-state index contributed by atoms with van der Waals surface area (Å²) < 4.78 is 5.29. The largest absolute Gasteiger partial charge is 1.00 e. The smallest absolute Gasteiger partial charge is 0.305 e. The Hall–Kier alpha value is -1.75. The summed E-state index contributed by atoms with van der Waals surface area (Å²) in [4.78, 5) is 23.3. The number of aliphatic hydroxyl groups is 1. The van der Waals surface area contributed by atoms with Crippen molar-refractivity contribution < 1.29 is 36.6 Å². The number of carboxylic acid groups (broad SMARTS) is 1. The molecule has 24 heavy (non-hydrogen) atoms. The minimum absolute atomic E-state index is 0. The molecule has 0 aliphatic carbocycles. The van der Waals surface area contributed by atoms with Crippen molar-refractivity contribution >= 4 is 11.9 Å². The van der Waals surface area contributed by atoms with E-state index in [9.17, 15) is 9.59 Å². The number of nitrogens with zero attached hydrogens (tertiary/aromatic N) is 2. The van der Waals surface area contributed by atoms with Crippen molar-refractivity contribution in [3.05, 3.63) is 11.8 Å². The van der Waals surface area contributed by atoms with Gasteiger partial charge in [-0.15, -0.1) is 10.2 Å². The molecule has 0 spiro atoms. The summed E-state index contributed by atoms with van der Waals surface area (Å²) in [5.74, 6) is -1.55. The number of carboxylic acids is 1. The molecule has 0 saturated carbocycles. The number of aromatic nitrogens is 2. The molecule has 0 aromatic carbocycles. The van der Waals surface area contributed by atoms with Crippen LogP contribution >= 0.6 is 0 Å². The van der Waals surface area contributed by atoms with E-state index in [2.05, 4.69) is 20.8 Å². The fourth-order valence-corrected chi connectivity index (χ4v) is 2.36. The second kappa shape index (κ2) is 9.52. The van der Waals surface area contributed by atoms with Crippen molar-refractivity contribution in [2.75, 3.05) is 19.7 Å². The van der Waals surface area contributed by atoms with E-state index in [4.69, 9.17) is 20.4 Å². The Morgan fingerprint density at radius 2 is 1.96 bits per heavy atom. The molecular weight excluding hydrogens is 342 g/mol. The van der Waals surface area contributed by atoms with Gasteiger partial charge in [-0.05, 0) is 25.9 Å². The highest BCUT2D eigenvalue weighted by atomic mass is 35.5. The van der Waals surface area contributed by atoms with Crippen LogP contribution < -0.4 is 28.8 Å². The molecular formula is C13H21ClN5O5-. The van der Waals surface area contributed by atoms with Crippen LogP contribution in [0.2, 0.25) is 0 Å². The minimum Gasteiger partial charge on any atom is -1.00 e. The topological polar surface area (TPSA) is 164 Å². The number of nitrogens with two attached hydrogens (primary N) is 1. The van der Waals surface area contributed by atoms with E-state index in [-0.39, 0.29) is 49.0 Å². The van der Waals surface area contributed by atoms with Crippen molar-refractivity contribution in [2.24, 2.45) is 11.7 Å². The average molecular weight is 363 g/mol. The molecule has 2 heterocycles. The Balaban J connectivity index is 0.00000288. The van der Waals surface area contributed by atoms with Crippen LogP contribution in [0.3, 0.4) is 0 Å². The second-order valence-electron chi connectivity index (χ2n) is 5.45. The fourth-order valence-electron chi connectivity index (χ4n) is 2.36. The van der Waals surface area contributed by atoms with Crippen LogP contribution in [0.1, 0.15) is 43.1 Å². The van der Waals surface area contributed by atoms with Gasteiger partial charge in [-0.1, -0.05) is 0 Å². The van der Waals surface area contributed by atoms with Gasteiger partial charge in [0.1, 0.15) is 12.1 Å². The number of hydrogen-bond donors (Lipinski definition) is 5. The van der Waals surface area contributed by atoms with Gasteiger partial charge < -0.3 is 43.4 Å². The third kappa shape index (κ3) is 5.41. The molecule has 6 N–H and O–H groups in total. The number of carbonyl (C=O) groups is 2. The maximum atomic E-state index is 12.3. The number of hydrogen-bond acceptors (Lipinski definition) is 8. The first-order valence-corrected chi connectivity index (χ1v) is 7.44. The standard InChI is InChI=1S/C13H21N5O5.ClH/c14-8(6-19)12-17-18-13(23-12)9(5-10(20)21)16-11(22)7-1-3-15-4-2-7;/h7-9,15,19H,1-6,14H2,(H,16,22)(H,20,21);1H/p-1/t8-,9-;/m0./s1. The highest BCUT2D eigenvalue weighted by molar-refractivity contribution is 5.80. The van der Waals surface area contributed by atoms with Crippen LogP contribution in [-0.2, 0) is 9.59 Å². The number of piperidine rings is 1. The van der Waals surface area contributed by atoms with Crippen LogP contribution in [0.15, 0.2) is 4.42 Å². The van der Waals surface area contributed by atoms with Gasteiger partial charge in [0.15, 0.2) is 0 Å². The normalized spacial score (nSPS) is 17.6. The molecule has 1 aromatic rings. The predicted molar refractivity (Wildman–Crippen MR) is 77.0 cm³/mol. The Bertz CT molecular complexity index is 549. The van der Waals surface area contributed by atoms with E-state index < -0.39 is 18.1 Å². The van der Waals surface area contributed by atoms with E-state index in [1.165, 1.54) is 0 Å². The lowest BCUT2D eigenvalue weighted by Crippen LogP contribution is -3.00. The third-order valence-electron chi connectivity index (χ3n) is 3.67. The molecule has 1 aliphatic heterocycles. The summed E-state index contributed by atoms with van der Waals surface area (Å²) in [5.41, 5.74) is 5.57. The van der Waals surface area contributed by atoms with Gasteiger partial charge in [0, 0.05) is 5.92 Å². The van der Waals surface area contributed by atoms with Gasteiger partial charge in [0.25, 0.3) is 0 Å². The fraction of sp³-hybridized carbons (Fsp3) is 0.692. The number of amides is 1.